The molecule has 3 N–H and O–H groups in total. The largest absolute Gasteiger partial charge is 0.384 e. The molecule has 96 valence electrons. The van der Waals surface area contributed by atoms with Crippen molar-refractivity contribution < 1.29 is 8.42 Å². The maximum Gasteiger partial charge on any atom is 0.242 e. The van der Waals surface area contributed by atoms with Crippen molar-refractivity contribution in [3.63, 3.8) is 0 Å². The average Bonchev–Trinajstić information content (AvgIpc) is 2.15. The third-order valence-corrected chi connectivity index (χ3v) is 3.64. The average molecular weight is 258 g/mol. The van der Waals surface area contributed by atoms with Gasteiger partial charge in [0.25, 0.3) is 0 Å². The van der Waals surface area contributed by atoms with E-state index in [2.05, 4.69) is 9.71 Å². The molecule has 0 saturated heterocycles. The van der Waals surface area contributed by atoms with Crippen LogP contribution in [-0.4, -0.2) is 45.0 Å². The Morgan fingerprint density at radius 1 is 1.47 bits per heavy atom. The lowest BCUT2D eigenvalue weighted by molar-refractivity contribution is 0.370. The summed E-state index contributed by atoms with van der Waals surface area (Å²) in [4.78, 5) is 5.80. The lowest BCUT2D eigenvalue weighted by Crippen LogP contribution is -2.39. The lowest BCUT2D eigenvalue weighted by Gasteiger charge is -2.18. The van der Waals surface area contributed by atoms with E-state index in [-0.39, 0.29) is 10.9 Å². The Bertz CT molecular complexity index is 456. The summed E-state index contributed by atoms with van der Waals surface area (Å²) in [6, 6.07) is 2.73. The molecule has 1 aromatic heterocycles. The van der Waals surface area contributed by atoms with Gasteiger partial charge in [0.15, 0.2) is 0 Å². The van der Waals surface area contributed by atoms with Crippen LogP contribution in [0.4, 0.5) is 5.82 Å². The molecule has 7 heteroatoms. The third kappa shape index (κ3) is 4.29. The highest BCUT2D eigenvalue weighted by atomic mass is 32.2. The first kappa shape index (κ1) is 13.9. The van der Waals surface area contributed by atoms with Gasteiger partial charge in [-0.15, -0.1) is 0 Å². The molecule has 0 spiro atoms. The van der Waals surface area contributed by atoms with Gasteiger partial charge in [-0.2, -0.15) is 0 Å². The molecule has 0 saturated carbocycles. The van der Waals surface area contributed by atoms with Crippen LogP contribution < -0.4 is 10.5 Å². The van der Waals surface area contributed by atoms with Crippen molar-refractivity contribution >= 4 is 15.8 Å². The number of aromatic nitrogens is 1. The van der Waals surface area contributed by atoms with Crippen molar-refractivity contribution in [1.82, 2.24) is 14.6 Å². The Kier molecular flexibility index (Phi) is 4.44. The van der Waals surface area contributed by atoms with Crippen LogP contribution in [0.5, 0.6) is 0 Å². The van der Waals surface area contributed by atoms with Crippen molar-refractivity contribution in [1.29, 1.82) is 0 Å². The summed E-state index contributed by atoms with van der Waals surface area (Å²) in [7, 11) is 0.252. The second-order valence-corrected chi connectivity index (χ2v) is 5.92. The fourth-order valence-electron chi connectivity index (χ4n) is 1.47. The predicted molar refractivity (Wildman–Crippen MR) is 67.0 cm³/mol. The molecule has 0 amide bonds. The quantitative estimate of drug-likeness (QED) is 0.769. The monoisotopic (exact) mass is 258 g/mol. The Labute approximate surface area is 102 Å². The molecule has 1 unspecified atom stereocenters. The maximum absolute atomic E-state index is 11.9. The van der Waals surface area contributed by atoms with Crippen molar-refractivity contribution in [2.45, 2.75) is 17.9 Å². The first-order valence-electron chi connectivity index (χ1n) is 5.20. The molecule has 0 aliphatic rings. The second-order valence-electron chi connectivity index (χ2n) is 4.20. The van der Waals surface area contributed by atoms with E-state index in [4.69, 9.17) is 5.73 Å². The van der Waals surface area contributed by atoms with E-state index in [1.54, 1.807) is 0 Å². The van der Waals surface area contributed by atoms with Gasteiger partial charge in [-0.05, 0) is 33.2 Å². The van der Waals surface area contributed by atoms with Gasteiger partial charge in [0.1, 0.15) is 10.7 Å². The summed E-state index contributed by atoms with van der Waals surface area (Å²) in [6.45, 7) is 2.43. The number of anilines is 1. The van der Waals surface area contributed by atoms with E-state index in [0.717, 1.165) is 0 Å². The molecule has 0 bridgehead atoms. The number of nitrogens with one attached hydrogen (secondary N) is 1. The highest BCUT2D eigenvalue weighted by Crippen LogP contribution is 2.09. The van der Waals surface area contributed by atoms with E-state index in [1.807, 2.05) is 25.9 Å². The predicted octanol–water partition coefficient (Wildman–Crippen LogP) is -0.108. The van der Waals surface area contributed by atoms with Gasteiger partial charge in [0, 0.05) is 18.8 Å². The van der Waals surface area contributed by atoms with Gasteiger partial charge in [-0.1, -0.05) is 0 Å². The zero-order valence-electron chi connectivity index (χ0n) is 10.2. The number of nitrogens with zero attached hydrogens (tertiary/aromatic N) is 2. The van der Waals surface area contributed by atoms with E-state index < -0.39 is 10.0 Å². The van der Waals surface area contributed by atoms with Crippen LogP contribution in [0.15, 0.2) is 23.2 Å². The maximum atomic E-state index is 11.9. The van der Waals surface area contributed by atoms with Crippen molar-refractivity contribution in [2.75, 3.05) is 26.4 Å². The van der Waals surface area contributed by atoms with E-state index in [0.29, 0.717) is 12.4 Å². The number of hydrogen-bond donors (Lipinski definition) is 2. The van der Waals surface area contributed by atoms with Crippen LogP contribution in [0.2, 0.25) is 0 Å². The minimum atomic E-state index is -3.52. The normalized spacial score (nSPS) is 13.9. The molecule has 1 rings (SSSR count). The Balaban J connectivity index is 2.78. The molecule has 0 radical (unpaired) electrons. The molecule has 0 fully saturated rings. The molecule has 1 heterocycles. The fraction of sp³-hybridized carbons (Fsp3) is 0.500. The summed E-state index contributed by atoms with van der Waals surface area (Å²) in [6.07, 6.45) is 1.25. The lowest BCUT2D eigenvalue weighted by atomic mass is 10.3. The number of hydrogen-bond acceptors (Lipinski definition) is 5. The summed E-state index contributed by atoms with van der Waals surface area (Å²) in [5.41, 5.74) is 5.40. The van der Waals surface area contributed by atoms with Crippen molar-refractivity contribution in [3.8, 4) is 0 Å². The molecule has 0 aliphatic carbocycles. The van der Waals surface area contributed by atoms with Crippen LogP contribution in [0.25, 0.3) is 0 Å². The Hall–Kier alpha value is -1.18. The van der Waals surface area contributed by atoms with Gasteiger partial charge < -0.3 is 10.6 Å². The summed E-state index contributed by atoms with van der Waals surface area (Å²) < 4.78 is 26.4. The summed E-state index contributed by atoms with van der Waals surface area (Å²) in [5.74, 6) is 0.297. The molecule has 0 aromatic carbocycles. The third-order valence-electron chi connectivity index (χ3n) is 2.06. The van der Waals surface area contributed by atoms with Gasteiger partial charge in [-0.3, -0.25) is 0 Å². The van der Waals surface area contributed by atoms with E-state index >= 15 is 0 Å². The number of rotatable bonds is 5. The number of sulfonamides is 1. The van der Waals surface area contributed by atoms with Gasteiger partial charge in [0.2, 0.25) is 10.0 Å². The number of nitrogens with two attached hydrogens (primary N) is 1. The first-order chi connectivity index (χ1) is 7.81. The highest BCUT2D eigenvalue weighted by Gasteiger charge is 2.17. The van der Waals surface area contributed by atoms with Crippen molar-refractivity contribution in [3.05, 3.63) is 18.3 Å². The molecule has 17 heavy (non-hydrogen) atoms. The minimum Gasteiger partial charge on any atom is -0.384 e. The first-order valence-corrected chi connectivity index (χ1v) is 6.68. The number of pyridine rings is 1. The SMILES string of the molecule is CC(CN(C)C)NS(=O)(=O)c1ccc(N)nc1. The number of nitrogen functional groups attached to an aromatic ring is 1. The summed E-state index contributed by atoms with van der Waals surface area (Å²) in [5, 5.41) is 0. The van der Waals surface area contributed by atoms with E-state index in [1.165, 1.54) is 18.3 Å². The fourth-order valence-corrected chi connectivity index (χ4v) is 2.65. The van der Waals surface area contributed by atoms with Gasteiger partial charge in [0.05, 0.1) is 0 Å². The zero-order chi connectivity index (χ0) is 13.1. The van der Waals surface area contributed by atoms with Crippen LogP contribution >= 0.6 is 0 Å². The molecular weight excluding hydrogens is 240 g/mol. The minimum absolute atomic E-state index is 0.123. The molecule has 1 atom stereocenters. The van der Waals surface area contributed by atoms with Gasteiger partial charge >= 0.3 is 0 Å². The van der Waals surface area contributed by atoms with Crippen LogP contribution in [0.1, 0.15) is 6.92 Å². The molecule has 0 aliphatic heterocycles. The molecular formula is C10H18N4O2S. The summed E-state index contributed by atoms with van der Waals surface area (Å²) >= 11 is 0. The van der Waals surface area contributed by atoms with Gasteiger partial charge in [-0.25, -0.2) is 18.1 Å². The van der Waals surface area contributed by atoms with Crippen LogP contribution in [-0.2, 0) is 10.0 Å². The Morgan fingerprint density at radius 3 is 2.59 bits per heavy atom. The Morgan fingerprint density at radius 2 is 2.12 bits per heavy atom. The highest BCUT2D eigenvalue weighted by molar-refractivity contribution is 7.89. The topological polar surface area (TPSA) is 88.3 Å². The van der Waals surface area contributed by atoms with E-state index in [9.17, 15) is 8.42 Å². The number of likely N-dealkylation sites (N-methyl/N-ethyl adjacent to an activating group) is 1. The zero-order valence-corrected chi connectivity index (χ0v) is 11.0. The van der Waals surface area contributed by atoms with Crippen LogP contribution in [0.3, 0.4) is 0 Å². The molecule has 1 aromatic rings. The van der Waals surface area contributed by atoms with Crippen molar-refractivity contribution in [2.24, 2.45) is 0 Å². The smallest absolute Gasteiger partial charge is 0.242 e. The second kappa shape index (κ2) is 5.44. The molecule has 6 nitrogen and oxygen atoms in total. The van der Waals surface area contributed by atoms with Crippen LogP contribution in [0, 0.1) is 0 Å². The standard InChI is InChI=1S/C10H18N4O2S/c1-8(7-14(2)3)13-17(15,16)9-4-5-10(11)12-6-9/h4-6,8,13H,7H2,1-3H3,(H2,11,12).